The zero-order valence-corrected chi connectivity index (χ0v) is 23.5. The number of rotatable bonds is 4. The molecule has 3 aliphatic carbocycles. The first-order valence-electron chi connectivity index (χ1n) is 13.8. The van der Waals surface area contributed by atoms with E-state index >= 15 is 0 Å². The zero-order valence-electron chi connectivity index (χ0n) is 23.5. The third-order valence-corrected chi connectivity index (χ3v) is 11.0. The summed E-state index contributed by atoms with van der Waals surface area (Å²) in [6, 6.07) is 0. The predicted molar refractivity (Wildman–Crippen MR) is 138 cm³/mol. The third kappa shape index (κ3) is 2.81. The molecule has 1 aromatic rings. The van der Waals surface area contributed by atoms with Crippen LogP contribution in [0.15, 0.2) is 40.2 Å². The van der Waals surface area contributed by atoms with Crippen LogP contribution in [0.25, 0.3) is 0 Å². The van der Waals surface area contributed by atoms with Gasteiger partial charge in [0, 0.05) is 28.2 Å². The van der Waals surface area contributed by atoms with Gasteiger partial charge in [-0.3, -0.25) is 14.4 Å². The molecule has 7 nitrogen and oxygen atoms in total. The van der Waals surface area contributed by atoms with Crippen molar-refractivity contribution in [3.8, 4) is 0 Å². The number of carbonyl (C=O) groups is 3. The highest BCUT2D eigenvalue weighted by molar-refractivity contribution is 6.00. The van der Waals surface area contributed by atoms with Crippen LogP contribution >= 0.6 is 0 Å². The first-order valence-corrected chi connectivity index (χ1v) is 13.8. The zero-order chi connectivity index (χ0) is 27.5. The monoisotopic (exact) mass is 522 g/mol. The highest BCUT2D eigenvalue weighted by atomic mass is 16.6. The van der Waals surface area contributed by atoms with Gasteiger partial charge in [0.2, 0.25) is 0 Å². The Morgan fingerprint density at radius 3 is 2.47 bits per heavy atom. The van der Waals surface area contributed by atoms with E-state index in [1.165, 1.54) is 24.3 Å². The van der Waals surface area contributed by atoms with Crippen molar-refractivity contribution in [3.63, 3.8) is 0 Å². The van der Waals surface area contributed by atoms with E-state index in [0.29, 0.717) is 5.92 Å². The standard InChI is InChI=1S/C31H38O7/c1-14(2)18-12-36-13-19(18)17-11-20-22(15(17)3)31(7)24(16(4)27(33)35-8)30(6)21(32)9-10-29(5)25(30)23(26(31)37-20)38-28(29)34/h9-10,12-14,16-17,20,23-26H,11H2,1-8H3/t16?,17-,20-,23?,24-,25?,26-,29-,30-,31+/m1/s1. The third-order valence-electron chi connectivity index (χ3n) is 11.0. The molecule has 0 bridgehead atoms. The molecule has 1 saturated carbocycles. The molecule has 2 saturated heterocycles. The number of methoxy groups -OCH3 is 1. The van der Waals surface area contributed by atoms with Crippen molar-refractivity contribution in [1.29, 1.82) is 0 Å². The molecule has 3 unspecified atom stereocenters. The first kappa shape index (κ1) is 25.6. The molecule has 0 N–H and O–H groups in total. The van der Waals surface area contributed by atoms with Crippen LogP contribution in [0.1, 0.15) is 77.8 Å². The number of fused-ring (bicyclic) bond motifs is 4. The summed E-state index contributed by atoms with van der Waals surface area (Å²) >= 11 is 0. The van der Waals surface area contributed by atoms with Gasteiger partial charge in [0.1, 0.15) is 12.2 Å². The largest absolute Gasteiger partial charge is 0.472 e. The Morgan fingerprint density at radius 1 is 1.11 bits per heavy atom. The molecule has 2 aliphatic heterocycles. The smallest absolute Gasteiger partial charge is 0.316 e. The Labute approximate surface area is 223 Å². The fourth-order valence-electron chi connectivity index (χ4n) is 9.58. The van der Waals surface area contributed by atoms with Gasteiger partial charge in [-0.25, -0.2) is 0 Å². The van der Waals surface area contributed by atoms with E-state index in [1.807, 2.05) is 33.3 Å². The SMILES string of the molecule is COC(=O)C(C)[C@H]1[C@]2(C)C3=C(C)[C@H](c4cocc4C(C)C)C[C@H]3O[C@@H]2C2OC(=O)[C@]3(C)C=CC(=O)[C@@]1(C)C23. The van der Waals surface area contributed by atoms with Crippen LogP contribution in [0.2, 0.25) is 0 Å². The van der Waals surface area contributed by atoms with E-state index in [2.05, 4.69) is 27.7 Å². The van der Waals surface area contributed by atoms with Crippen molar-refractivity contribution in [2.75, 3.05) is 7.11 Å². The van der Waals surface area contributed by atoms with Crippen LogP contribution in [0.5, 0.6) is 0 Å². The maximum absolute atomic E-state index is 13.9. The summed E-state index contributed by atoms with van der Waals surface area (Å²) in [5.41, 5.74) is 1.97. The van der Waals surface area contributed by atoms with Crippen molar-refractivity contribution >= 4 is 17.7 Å². The molecular formula is C31H38O7. The van der Waals surface area contributed by atoms with Crippen molar-refractivity contribution in [2.45, 2.75) is 85.0 Å². The van der Waals surface area contributed by atoms with Gasteiger partial charge in [-0.1, -0.05) is 46.3 Å². The van der Waals surface area contributed by atoms with Crippen LogP contribution in [0, 0.1) is 34.0 Å². The minimum Gasteiger partial charge on any atom is -0.472 e. The molecule has 0 radical (unpaired) electrons. The molecule has 0 amide bonds. The molecule has 7 heteroatoms. The molecule has 38 heavy (non-hydrogen) atoms. The Balaban J connectivity index is 1.58. The Bertz CT molecular complexity index is 1300. The number of allylic oxidation sites excluding steroid dienone is 2. The van der Waals surface area contributed by atoms with Crippen LogP contribution in [-0.2, 0) is 28.6 Å². The molecule has 0 aromatic carbocycles. The van der Waals surface area contributed by atoms with Crippen LogP contribution in [0.3, 0.4) is 0 Å². The maximum Gasteiger partial charge on any atom is 0.316 e. The quantitative estimate of drug-likeness (QED) is 0.401. The van der Waals surface area contributed by atoms with Gasteiger partial charge < -0.3 is 18.6 Å². The molecule has 5 aliphatic rings. The second kappa shape index (κ2) is 7.93. The molecule has 0 spiro atoms. The number of furan rings is 1. The topological polar surface area (TPSA) is 92.0 Å². The van der Waals surface area contributed by atoms with Crippen molar-refractivity contribution < 1.29 is 33.0 Å². The minimum absolute atomic E-state index is 0.0723. The van der Waals surface area contributed by atoms with E-state index in [4.69, 9.17) is 18.6 Å². The lowest BCUT2D eigenvalue weighted by Gasteiger charge is -2.60. The van der Waals surface area contributed by atoms with E-state index in [9.17, 15) is 14.4 Å². The second-order valence-electron chi connectivity index (χ2n) is 13.1. The van der Waals surface area contributed by atoms with Gasteiger partial charge in [-0.05, 0) is 49.3 Å². The van der Waals surface area contributed by atoms with Gasteiger partial charge in [-0.2, -0.15) is 0 Å². The summed E-state index contributed by atoms with van der Waals surface area (Å²) in [7, 11) is 1.39. The normalized spacial score (nSPS) is 43.7. The highest BCUT2D eigenvalue weighted by Gasteiger charge is 2.78. The fraction of sp³-hybridized carbons (Fsp3) is 0.645. The molecule has 10 atom stereocenters. The van der Waals surface area contributed by atoms with Gasteiger partial charge >= 0.3 is 11.9 Å². The van der Waals surface area contributed by atoms with Crippen molar-refractivity contribution in [2.24, 2.45) is 34.0 Å². The average Bonchev–Trinajstić information content (AvgIpc) is 3.59. The van der Waals surface area contributed by atoms with Crippen LogP contribution < -0.4 is 0 Å². The molecule has 3 heterocycles. The number of esters is 2. The summed E-state index contributed by atoms with van der Waals surface area (Å²) in [5, 5.41) is 0. The van der Waals surface area contributed by atoms with Gasteiger partial charge in [0.05, 0.1) is 37.1 Å². The minimum atomic E-state index is -1.03. The number of ketones is 1. The lowest BCUT2D eigenvalue weighted by molar-refractivity contribution is -0.198. The van der Waals surface area contributed by atoms with E-state index in [-0.39, 0.29) is 29.7 Å². The molecular weight excluding hydrogens is 484 g/mol. The van der Waals surface area contributed by atoms with Crippen molar-refractivity contribution in [3.05, 3.63) is 47.0 Å². The van der Waals surface area contributed by atoms with E-state index in [0.717, 1.165) is 17.6 Å². The summed E-state index contributed by atoms with van der Waals surface area (Å²) in [5.74, 6) is -1.84. The Hall–Kier alpha value is -2.67. The van der Waals surface area contributed by atoms with Gasteiger partial charge in [-0.15, -0.1) is 0 Å². The average molecular weight is 523 g/mol. The Morgan fingerprint density at radius 2 is 1.82 bits per heavy atom. The van der Waals surface area contributed by atoms with Crippen molar-refractivity contribution in [1.82, 2.24) is 0 Å². The summed E-state index contributed by atoms with van der Waals surface area (Å²) in [6.45, 7) is 14.2. The molecule has 6 rings (SSSR count). The van der Waals surface area contributed by atoms with Gasteiger partial charge in [0.15, 0.2) is 5.78 Å². The molecule has 3 fully saturated rings. The van der Waals surface area contributed by atoms with Crippen LogP contribution in [0.4, 0.5) is 0 Å². The fourth-order valence-corrected chi connectivity index (χ4v) is 9.58. The number of hydrogen-bond acceptors (Lipinski definition) is 7. The first-order chi connectivity index (χ1) is 17.8. The summed E-state index contributed by atoms with van der Waals surface area (Å²) < 4.78 is 23.9. The second-order valence-corrected chi connectivity index (χ2v) is 13.1. The number of hydrogen-bond donors (Lipinski definition) is 0. The maximum atomic E-state index is 13.9. The number of carbonyl (C=O) groups excluding carboxylic acids is 3. The molecule has 204 valence electrons. The summed E-state index contributed by atoms with van der Waals surface area (Å²) in [4.78, 5) is 40.5. The Kier molecular flexibility index (Phi) is 5.35. The predicted octanol–water partition coefficient (Wildman–Crippen LogP) is 5.11. The van der Waals surface area contributed by atoms with Crippen LogP contribution in [-0.4, -0.2) is 43.1 Å². The van der Waals surface area contributed by atoms with Gasteiger partial charge in [0.25, 0.3) is 0 Å². The number of ether oxygens (including phenoxy) is 3. The molecule has 1 aromatic heterocycles. The lowest BCUT2D eigenvalue weighted by atomic mass is 9.40. The lowest BCUT2D eigenvalue weighted by Crippen LogP contribution is -2.67. The van der Waals surface area contributed by atoms with E-state index in [1.54, 1.807) is 6.08 Å². The summed E-state index contributed by atoms with van der Waals surface area (Å²) in [6.07, 6.45) is 6.42. The van der Waals surface area contributed by atoms with E-state index < -0.39 is 46.2 Å². The highest BCUT2D eigenvalue weighted by Crippen LogP contribution is 2.72.